The van der Waals surface area contributed by atoms with Crippen molar-refractivity contribution in [1.82, 2.24) is 0 Å². The van der Waals surface area contributed by atoms with Gasteiger partial charge < -0.3 is 4.74 Å². The molecular formula is C51H44O. The van der Waals surface area contributed by atoms with Crippen molar-refractivity contribution in [3.63, 3.8) is 0 Å². The largest absolute Gasteiger partial charge is 0.497 e. The van der Waals surface area contributed by atoms with Crippen LogP contribution in [0.25, 0.3) is 27.8 Å². The lowest BCUT2D eigenvalue weighted by Gasteiger charge is -2.28. The van der Waals surface area contributed by atoms with E-state index >= 15 is 0 Å². The maximum Gasteiger partial charge on any atom is 0.118 e. The van der Waals surface area contributed by atoms with Crippen molar-refractivity contribution in [1.29, 1.82) is 0 Å². The molecule has 0 bridgehead atoms. The maximum atomic E-state index is 5.64. The van der Waals surface area contributed by atoms with Crippen molar-refractivity contribution in [2.45, 2.75) is 27.7 Å². The number of methoxy groups -OCH3 is 1. The van der Waals surface area contributed by atoms with E-state index in [2.05, 4.69) is 198 Å². The molecule has 6 aromatic carbocycles. The summed E-state index contributed by atoms with van der Waals surface area (Å²) in [6.45, 7) is 9.49. The fourth-order valence-electron chi connectivity index (χ4n) is 8.79. The first kappa shape index (κ1) is 33.2. The lowest BCUT2D eigenvalue weighted by molar-refractivity contribution is 0.415. The fourth-order valence-corrected chi connectivity index (χ4v) is 8.79. The van der Waals surface area contributed by atoms with Crippen LogP contribution in [0.4, 0.5) is 0 Å². The lowest BCUT2D eigenvalue weighted by Crippen LogP contribution is -2.15. The van der Waals surface area contributed by atoms with Gasteiger partial charge in [-0.3, -0.25) is 0 Å². The van der Waals surface area contributed by atoms with Crippen LogP contribution in [0, 0.1) is 11.3 Å². The first-order chi connectivity index (χ1) is 25.4. The van der Waals surface area contributed by atoms with E-state index in [4.69, 9.17) is 4.74 Å². The average molecular weight is 673 g/mol. The van der Waals surface area contributed by atoms with Gasteiger partial charge in [-0.05, 0) is 110 Å². The Labute approximate surface area is 309 Å². The highest BCUT2D eigenvalue weighted by Gasteiger charge is 2.48. The fraction of sp³-hybridized carbons (Fsp3) is 0.137. The van der Waals surface area contributed by atoms with Crippen molar-refractivity contribution >= 4 is 16.7 Å². The molecule has 0 heterocycles. The van der Waals surface area contributed by atoms with Crippen LogP contribution in [-0.4, -0.2) is 7.11 Å². The quantitative estimate of drug-likeness (QED) is 0.171. The minimum atomic E-state index is -0.292. The summed E-state index contributed by atoms with van der Waals surface area (Å²) < 4.78 is 5.64. The zero-order chi connectivity index (χ0) is 35.8. The third-order valence-corrected chi connectivity index (χ3v) is 10.8. The second-order valence-corrected chi connectivity index (χ2v) is 14.6. The smallest absolute Gasteiger partial charge is 0.118 e. The van der Waals surface area contributed by atoms with Gasteiger partial charge in [0.25, 0.3) is 0 Å². The van der Waals surface area contributed by atoms with Crippen LogP contribution in [0.2, 0.25) is 0 Å². The second-order valence-electron chi connectivity index (χ2n) is 14.6. The van der Waals surface area contributed by atoms with E-state index in [0.29, 0.717) is 0 Å². The molecule has 0 aromatic heterocycles. The molecule has 52 heavy (non-hydrogen) atoms. The Hall–Kier alpha value is -5.92. The molecule has 8 rings (SSSR count). The van der Waals surface area contributed by atoms with Gasteiger partial charge >= 0.3 is 0 Å². The summed E-state index contributed by atoms with van der Waals surface area (Å²) in [4.78, 5) is 0. The Balaban J connectivity index is 1.57. The number of rotatable bonds is 6. The Morgan fingerprint density at radius 1 is 0.538 bits per heavy atom. The zero-order valence-corrected chi connectivity index (χ0v) is 30.7. The molecule has 2 aliphatic carbocycles. The van der Waals surface area contributed by atoms with Crippen LogP contribution >= 0.6 is 0 Å². The first-order valence-electron chi connectivity index (χ1n) is 18.3. The van der Waals surface area contributed by atoms with Gasteiger partial charge in [0.05, 0.1) is 7.11 Å². The van der Waals surface area contributed by atoms with E-state index in [-0.39, 0.29) is 11.3 Å². The molecule has 0 spiro atoms. The van der Waals surface area contributed by atoms with E-state index in [1.54, 1.807) is 7.11 Å². The molecule has 2 aliphatic rings. The highest BCUT2D eigenvalue weighted by atomic mass is 16.5. The van der Waals surface area contributed by atoms with Crippen LogP contribution in [-0.2, 0) is 0 Å². The number of allylic oxidation sites excluding steroid dienone is 5. The predicted octanol–water partition coefficient (Wildman–Crippen LogP) is 13.1. The third kappa shape index (κ3) is 5.77. The number of hydrogen-bond acceptors (Lipinski definition) is 1. The predicted molar refractivity (Wildman–Crippen MR) is 219 cm³/mol. The second kappa shape index (κ2) is 13.7. The van der Waals surface area contributed by atoms with Gasteiger partial charge in [-0.1, -0.05) is 171 Å². The van der Waals surface area contributed by atoms with Gasteiger partial charge in [0.1, 0.15) is 5.75 Å². The number of hydrogen-bond donors (Lipinski definition) is 0. The molecule has 1 atom stereocenters. The van der Waals surface area contributed by atoms with Crippen LogP contribution in [0.5, 0.6) is 5.75 Å². The van der Waals surface area contributed by atoms with E-state index in [0.717, 1.165) is 5.75 Å². The monoisotopic (exact) mass is 672 g/mol. The topological polar surface area (TPSA) is 9.23 Å². The van der Waals surface area contributed by atoms with Crippen molar-refractivity contribution in [2.75, 3.05) is 7.11 Å². The zero-order valence-electron chi connectivity index (χ0n) is 30.7. The summed E-state index contributed by atoms with van der Waals surface area (Å²) in [5.41, 5.74) is 18.9. The summed E-state index contributed by atoms with van der Waals surface area (Å²) in [6.07, 6.45) is 2.58. The number of benzene rings is 6. The van der Waals surface area contributed by atoms with Crippen molar-refractivity contribution < 1.29 is 4.74 Å². The summed E-state index contributed by atoms with van der Waals surface area (Å²) in [5, 5.41) is 0. The number of ether oxygens (including phenoxy) is 1. The van der Waals surface area contributed by atoms with E-state index in [9.17, 15) is 0 Å². The van der Waals surface area contributed by atoms with Crippen molar-refractivity contribution in [3.8, 4) is 16.9 Å². The Bertz CT molecular complexity index is 2370. The molecular weight excluding hydrogens is 629 g/mol. The molecule has 1 nitrogen and oxygen atoms in total. The molecule has 6 aromatic rings. The molecule has 0 amide bonds. The molecule has 0 radical (unpaired) electrons. The van der Waals surface area contributed by atoms with Gasteiger partial charge in [0.15, 0.2) is 0 Å². The molecule has 1 heteroatoms. The minimum absolute atomic E-state index is 0.00445. The first-order valence-corrected chi connectivity index (χ1v) is 18.3. The van der Waals surface area contributed by atoms with E-state index in [1.165, 1.54) is 83.5 Å². The Morgan fingerprint density at radius 2 is 1.08 bits per heavy atom. The highest BCUT2D eigenvalue weighted by Crippen LogP contribution is 2.62. The highest BCUT2D eigenvalue weighted by molar-refractivity contribution is 6.00. The van der Waals surface area contributed by atoms with Crippen LogP contribution < -0.4 is 4.74 Å². The summed E-state index contributed by atoms with van der Waals surface area (Å²) in [5.74, 6) is 0.850. The van der Waals surface area contributed by atoms with Crippen molar-refractivity contribution in [2.24, 2.45) is 11.3 Å². The van der Waals surface area contributed by atoms with Crippen LogP contribution in [0.3, 0.4) is 0 Å². The van der Waals surface area contributed by atoms with Gasteiger partial charge in [0, 0.05) is 11.3 Å². The molecule has 0 saturated heterocycles. The van der Waals surface area contributed by atoms with E-state index in [1.807, 2.05) is 0 Å². The van der Waals surface area contributed by atoms with Gasteiger partial charge in [-0.2, -0.15) is 0 Å². The summed E-state index contributed by atoms with van der Waals surface area (Å²) in [6, 6.07) is 59.5. The van der Waals surface area contributed by atoms with Crippen molar-refractivity contribution in [3.05, 3.63) is 226 Å². The molecule has 1 saturated carbocycles. The Kier molecular flexibility index (Phi) is 8.73. The van der Waals surface area contributed by atoms with E-state index < -0.39 is 0 Å². The third-order valence-electron chi connectivity index (χ3n) is 10.8. The van der Waals surface area contributed by atoms with Gasteiger partial charge in [-0.15, -0.1) is 0 Å². The number of fused-ring (bicyclic) bond motifs is 2. The molecule has 1 unspecified atom stereocenters. The molecule has 254 valence electrons. The Morgan fingerprint density at radius 3 is 1.65 bits per heavy atom. The molecule has 0 N–H and O–H groups in total. The van der Waals surface area contributed by atoms with Crippen LogP contribution in [0.1, 0.15) is 61.1 Å². The SMILES string of the molecule is COc1ccc(/C(=C2/C(=C(C)C)C(C)(C)C3=C(c4ccccc4)c4cc(-c5ccccc5)ccc4C(c4ccccc4)=CC32)c2ccccc2)cc1. The minimum Gasteiger partial charge on any atom is -0.497 e. The standard InChI is InChI=1S/C51H44O/c1-34(2)49-48(46(37-22-14-8-15-23-37)39-26-29-41(52-5)30-27-39)45-33-43(36-20-12-7-13-21-36)42-31-28-40(35-18-10-6-11-19-35)32-44(42)47(50(45)51(49,3)4)38-24-16-9-17-25-38/h6-33,45H,1-5H3/b48-46+. The normalized spacial score (nSPS) is 17.1. The van der Waals surface area contributed by atoms with Gasteiger partial charge in [0.2, 0.25) is 0 Å². The average Bonchev–Trinajstić information content (AvgIpc) is 3.30. The molecule has 1 fully saturated rings. The van der Waals surface area contributed by atoms with Crippen LogP contribution in [0.15, 0.2) is 192 Å². The van der Waals surface area contributed by atoms with Gasteiger partial charge in [-0.25, -0.2) is 0 Å². The molecule has 0 aliphatic heterocycles. The maximum absolute atomic E-state index is 5.64. The summed E-state index contributed by atoms with van der Waals surface area (Å²) >= 11 is 0. The lowest BCUT2D eigenvalue weighted by atomic mass is 9.75. The summed E-state index contributed by atoms with van der Waals surface area (Å²) in [7, 11) is 1.73.